The highest BCUT2D eigenvalue weighted by Gasteiger charge is 1.97. The molecule has 2 aromatic rings. The zero-order valence-electron chi connectivity index (χ0n) is 10.7. The van der Waals surface area contributed by atoms with E-state index in [9.17, 15) is 0 Å². The van der Waals surface area contributed by atoms with Gasteiger partial charge in [-0.3, -0.25) is 0 Å². The average Bonchev–Trinajstić information content (AvgIpc) is 2.42. The summed E-state index contributed by atoms with van der Waals surface area (Å²) in [5, 5.41) is 3.42. The van der Waals surface area contributed by atoms with Gasteiger partial charge in [0.1, 0.15) is 0 Å². The van der Waals surface area contributed by atoms with Gasteiger partial charge in [-0.2, -0.15) is 11.8 Å². The van der Waals surface area contributed by atoms with E-state index in [2.05, 4.69) is 60.8 Å². The summed E-state index contributed by atoms with van der Waals surface area (Å²) in [7, 11) is 0. The third-order valence-electron chi connectivity index (χ3n) is 2.87. The van der Waals surface area contributed by atoms with Crippen LogP contribution in [0.5, 0.6) is 0 Å². The first kappa shape index (κ1) is 13.0. The Bertz CT molecular complexity index is 468. The SMILES string of the molecule is Cc1ccccc1CSCCNc1ccccc1. The number of benzene rings is 2. The molecule has 2 rings (SSSR count). The van der Waals surface area contributed by atoms with Crippen molar-refractivity contribution < 1.29 is 0 Å². The second kappa shape index (κ2) is 7.12. The molecule has 1 nitrogen and oxygen atoms in total. The summed E-state index contributed by atoms with van der Waals surface area (Å²) < 4.78 is 0. The fraction of sp³-hybridized carbons (Fsp3) is 0.250. The lowest BCUT2D eigenvalue weighted by molar-refractivity contribution is 1.22. The summed E-state index contributed by atoms with van der Waals surface area (Å²) in [6.45, 7) is 3.19. The molecule has 0 unspecified atom stereocenters. The summed E-state index contributed by atoms with van der Waals surface area (Å²) in [6, 6.07) is 19.0. The Morgan fingerprint density at radius 2 is 1.67 bits per heavy atom. The number of hydrogen-bond donors (Lipinski definition) is 1. The predicted molar refractivity (Wildman–Crippen MR) is 82.3 cm³/mol. The van der Waals surface area contributed by atoms with Crippen molar-refractivity contribution in [3.05, 3.63) is 65.7 Å². The van der Waals surface area contributed by atoms with E-state index in [0.29, 0.717) is 0 Å². The summed E-state index contributed by atoms with van der Waals surface area (Å²) in [5.74, 6) is 2.23. The van der Waals surface area contributed by atoms with Crippen LogP contribution in [0.2, 0.25) is 0 Å². The Morgan fingerprint density at radius 1 is 0.944 bits per heavy atom. The molecule has 0 aliphatic rings. The normalized spacial score (nSPS) is 10.3. The van der Waals surface area contributed by atoms with Crippen molar-refractivity contribution >= 4 is 17.4 Å². The minimum atomic E-state index is 1.01. The van der Waals surface area contributed by atoms with Crippen LogP contribution in [0.25, 0.3) is 0 Å². The van der Waals surface area contributed by atoms with Crippen LogP contribution in [0, 0.1) is 6.92 Å². The third-order valence-corrected chi connectivity index (χ3v) is 3.88. The van der Waals surface area contributed by atoms with Crippen LogP contribution in [-0.4, -0.2) is 12.3 Å². The number of aryl methyl sites for hydroxylation is 1. The van der Waals surface area contributed by atoms with Gasteiger partial charge in [-0.05, 0) is 30.2 Å². The molecule has 0 aromatic heterocycles. The van der Waals surface area contributed by atoms with Crippen molar-refractivity contribution in [2.45, 2.75) is 12.7 Å². The second-order valence-electron chi connectivity index (χ2n) is 4.27. The Kier molecular flexibility index (Phi) is 5.15. The van der Waals surface area contributed by atoms with Gasteiger partial charge in [-0.25, -0.2) is 0 Å². The lowest BCUT2D eigenvalue weighted by atomic mass is 10.1. The number of para-hydroxylation sites is 1. The molecule has 0 saturated carbocycles. The van der Waals surface area contributed by atoms with Gasteiger partial charge in [0.15, 0.2) is 0 Å². The van der Waals surface area contributed by atoms with Crippen molar-refractivity contribution in [3.8, 4) is 0 Å². The smallest absolute Gasteiger partial charge is 0.0340 e. The van der Waals surface area contributed by atoms with Gasteiger partial charge in [0.05, 0.1) is 0 Å². The van der Waals surface area contributed by atoms with Crippen molar-refractivity contribution in [2.75, 3.05) is 17.6 Å². The first-order valence-electron chi connectivity index (χ1n) is 6.27. The Balaban J connectivity index is 1.66. The highest BCUT2D eigenvalue weighted by Crippen LogP contribution is 2.15. The average molecular weight is 257 g/mol. The lowest BCUT2D eigenvalue weighted by Crippen LogP contribution is -2.04. The zero-order valence-corrected chi connectivity index (χ0v) is 11.5. The fourth-order valence-electron chi connectivity index (χ4n) is 1.78. The van der Waals surface area contributed by atoms with Crippen LogP contribution in [0.3, 0.4) is 0 Å². The molecule has 2 aromatic carbocycles. The fourth-order valence-corrected chi connectivity index (χ4v) is 2.71. The van der Waals surface area contributed by atoms with E-state index in [1.54, 1.807) is 0 Å². The van der Waals surface area contributed by atoms with E-state index in [-0.39, 0.29) is 0 Å². The van der Waals surface area contributed by atoms with Gasteiger partial charge in [0.2, 0.25) is 0 Å². The standard InChI is InChI=1S/C16H19NS/c1-14-7-5-6-8-15(14)13-18-12-11-17-16-9-3-2-4-10-16/h2-10,17H,11-13H2,1H3. The number of anilines is 1. The maximum absolute atomic E-state index is 3.42. The Hall–Kier alpha value is -1.41. The highest BCUT2D eigenvalue weighted by molar-refractivity contribution is 7.98. The molecule has 0 aliphatic heterocycles. The van der Waals surface area contributed by atoms with E-state index in [4.69, 9.17) is 0 Å². The zero-order chi connectivity index (χ0) is 12.6. The van der Waals surface area contributed by atoms with Gasteiger partial charge < -0.3 is 5.32 Å². The molecule has 0 amide bonds. The monoisotopic (exact) mass is 257 g/mol. The minimum absolute atomic E-state index is 1.01. The van der Waals surface area contributed by atoms with E-state index in [1.807, 2.05) is 17.8 Å². The molecule has 94 valence electrons. The quantitative estimate of drug-likeness (QED) is 0.773. The number of nitrogens with one attached hydrogen (secondary N) is 1. The Morgan fingerprint density at radius 3 is 2.44 bits per heavy atom. The second-order valence-corrected chi connectivity index (χ2v) is 5.38. The number of hydrogen-bond acceptors (Lipinski definition) is 2. The van der Waals surface area contributed by atoms with Crippen LogP contribution in [0.1, 0.15) is 11.1 Å². The molecular weight excluding hydrogens is 238 g/mol. The van der Waals surface area contributed by atoms with E-state index in [1.165, 1.54) is 16.8 Å². The van der Waals surface area contributed by atoms with Crippen LogP contribution in [0.15, 0.2) is 54.6 Å². The summed E-state index contributed by atoms with van der Waals surface area (Å²) in [4.78, 5) is 0. The molecule has 0 atom stereocenters. The van der Waals surface area contributed by atoms with E-state index < -0.39 is 0 Å². The molecule has 1 N–H and O–H groups in total. The largest absolute Gasteiger partial charge is 0.384 e. The van der Waals surface area contributed by atoms with Crippen LogP contribution in [-0.2, 0) is 5.75 Å². The lowest BCUT2D eigenvalue weighted by Gasteiger charge is -2.07. The van der Waals surface area contributed by atoms with E-state index >= 15 is 0 Å². The summed E-state index contributed by atoms with van der Waals surface area (Å²) >= 11 is 1.98. The van der Waals surface area contributed by atoms with Crippen LogP contribution in [0.4, 0.5) is 5.69 Å². The molecule has 0 aliphatic carbocycles. The number of rotatable bonds is 6. The maximum atomic E-state index is 3.42. The topological polar surface area (TPSA) is 12.0 Å². The van der Waals surface area contributed by atoms with Gasteiger partial charge in [0, 0.05) is 23.7 Å². The molecule has 18 heavy (non-hydrogen) atoms. The Labute approximate surface area is 114 Å². The molecule has 0 spiro atoms. The highest BCUT2D eigenvalue weighted by atomic mass is 32.2. The van der Waals surface area contributed by atoms with Crippen molar-refractivity contribution in [2.24, 2.45) is 0 Å². The molecule has 0 radical (unpaired) electrons. The number of thioether (sulfide) groups is 1. The van der Waals surface area contributed by atoms with Crippen LogP contribution >= 0.6 is 11.8 Å². The maximum Gasteiger partial charge on any atom is 0.0340 e. The molecule has 2 heteroatoms. The minimum Gasteiger partial charge on any atom is -0.384 e. The van der Waals surface area contributed by atoms with Gasteiger partial charge in [-0.15, -0.1) is 0 Å². The first-order valence-corrected chi connectivity index (χ1v) is 7.43. The van der Waals surface area contributed by atoms with Crippen molar-refractivity contribution in [3.63, 3.8) is 0 Å². The van der Waals surface area contributed by atoms with Crippen molar-refractivity contribution in [1.29, 1.82) is 0 Å². The third kappa shape index (κ3) is 4.11. The van der Waals surface area contributed by atoms with Crippen LogP contribution < -0.4 is 5.32 Å². The molecule has 0 bridgehead atoms. The molecule has 0 saturated heterocycles. The van der Waals surface area contributed by atoms with Gasteiger partial charge >= 0.3 is 0 Å². The summed E-state index contributed by atoms with van der Waals surface area (Å²) in [6.07, 6.45) is 0. The van der Waals surface area contributed by atoms with Crippen molar-refractivity contribution in [1.82, 2.24) is 0 Å². The van der Waals surface area contributed by atoms with Gasteiger partial charge in [-0.1, -0.05) is 42.5 Å². The first-order chi connectivity index (χ1) is 8.86. The summed E-state index contributed by atoms with van der Waals surface area (Å²) in [5.41, 5.74) is 4.04. The van der Waals surface area contributed by atoms with E-state index in [0.717, 1.165) is 18.1 Å². The molecular formula is C16H19NS. The predicted octanol–water partition coefficient (Wildman–Crippen LogP) is 4.34. The molecule has 0 fully saturated rings. The van der Waals surface area contributed by atoms with Gasteiger partial charge in [0.25, 0.3) is 0 Å². The molecule has 0 heterocycles.